The summed E-state index contributed by atoms with van der Waals surface area (Å²) in [6, 6.07) is 17.1. The number of hydrogen-bond donors (Lipinski definition) is 0. The number of halogens is 1. The van der Waals surface area contributed by atoms with E-state index >= 15 is 0 Å². The van der Waals surface area contributed by atoms with Crippen molar-refractivity contribution in [3.63, 3.8) is 0 Å². The number of carbonyl (C=O) groups excluding carboxylic acids is 1. The molecule has 1 aromatic heterocycles. The predicted octanol–water partition coefficient (Wildman–Crippen LogP) is 4.33. The molecule has 0 atom stereocenters. The van der Waals surface area contributed by atoms with Crippen LogP contribution >= 0.6 is 11.6 Å². The van der Waals surface area contributed by atoms with Gasteiger partial charge in [0.25, 0.3) is 5.91 Å². The van der Waals surface area contributed by atoms with E-state index in [9.17, 15) is 4.79 Å². The zero-order chi connectivity index (χ0) is 17.4. The van der Waals surface area contributed by atoms with E-state index in [-0.39, 0.29) is 5.91 Å². The molecule has 0 saturated heterocycles. The second-order valence-electron chi connectivity index (χ2n) is 5.99. The molecule has 3 aromatic rings. The Morgan fingerprint density at radius 1 is 1.08 bits per heavy atom. The smallest absolute Gasteiger partial charge is 0.260 e. The lowest BCUT2D eigenvalue weighted by atomic mass is 10.1. The number of terminal acetylenes is 1. The van der Waals surface area contributed by atoms with Crippen molar-refractivity contribution in [2.24, 2.45) is 0 Å². The number of para-hydroxylation sites is 1. The first-order valence-corrected chi connectivity index (χ1v) is 8.35. The van der Waals surface area contributed by atoms with Gasteiger partial charge in [-0.25, -0.2) is 0 Å². The number of aromatic nitrogens is 1. The van der Waals surface area contributed by atoms with Gasteiger partial charge in [0.2, 0.25) is 0 Å². The fourth-order valence-corrected chi connectivity index (χ4v) is 3.45. The molecule has 3 nitrogen and oxygen atoms in total. The average Bonchev–Trinajstić information content (AvgIpc) is 3.00. The number of fused-ring (bicyclic) bond motifs is 2. The van der Waals surface area contributed by atoms with Gasteiger partial charge in [-0.2, -0.15) is 0 Å². The molecule has 0 fully saturated rings. The predicted molar refractivity (Wildman–Crippen MR) is 99.9 cm³/mol. The highest BCUT2D eigenvalue weighted by molar-refractivity contribution is 6.34. The lowest BCUT2D eigenvalue weighted by Gasteiger charge is -2.23. The van der Waals surface area contributed by atoms with E-state index in [4.69, 9.17) is 18.0 Å². The van der Waals surface area contributed by atoms with Crippen LogP contribution in [0.5, 0.6) is 0 Å². The summed E-state index contributed by atoms with van der Waals surface area (Å²) < 4.78 is 2.16. The minimum absolute atomic E-state index is 0.129. The van der Waals surface area contributed by atoms with E-state index in [1.54, 1.807) is 23.1 Å². The van der Waals surface area contributed by atoms with Crippen molar-refractivity contribution in [2.75, 3.05) is 4.90 Å². The van der Waals surface area contributed by atoms with Crippen LogP contribution in [0.4, 0.5) is 5.69 Å². The molecule has 0 saturated carbocycles. The number of rotatable bonds is 1. The minimum Gasteiger partial charge on any atom is -0.345 e. The van der Waals surface area contributed by atoms with Crippen molar-refractivity contribution in [3.05, 3.63) is 88.2 Å². The van der Waals surface area contributed by atoms with Gasteiger partial charge in [0.15, 0.2) is 0 Å². The first kappa shape index (κ1) is 15.6. The maximum Gasteiger partial charge on any atom is 0.260 e. The molecule has 0 unspecified atom stereocenters. The molecule has 0 spiro atoms. The number of nitrogens with zero attached hydrogens (tertiary/aromatic N) is 2. The number of hydrogen-bond acceptors (Lipinski definition) is 1. The molecular formula is C21H15ClN2O. The second-order valence-corrected chi connectivity index (χ2v) is 6.39. The third-order valence-electron chi connectivity index (χ3n) is 4.48. The highest BCUT2D eigenvalue weighted by atomic mass is 35.5. The third-order valence-corrected chi connectivity index (χ3v) is 4.79. The van der Waals surface area contributed by atoms with Gasteiger partial charge in [0.05, 0.1) is 17.1 Å². The molecule has 25 heavy (non-hydrogen) atoms. The summed E-state index contributed by atoms with van der Waals surface area (Å²) in [5.74, 6) is 2.41. The Morgan fingerprint density at radius 2 is 1.92 bits per heavy atom. The summed E-state index contributed by atoms with van der Waals surface area (Å²) in [4.78, 5) is 15.0. The van der Waals surface area contributed by atoms with Gasteiger partial charge in [-0.05, 0) is 42.0 Å². The zero-order valence-corrected chi connectivity index (χ0v) is 14.2. The lowest BCUT2D eigenvalue weighted by Crippen LogP contribution is -2.30. The van der Waals surface area contributed by atoms with Crippen molar-refractivity contribution < 1.29 is 4.79 Å². The Labute approximate surface area is 151 Å². The largest absolute Gasteiger partial charge is 0.345 e. The summed E-state index contributed by atoms with van der Waals surface area (Å²) in [5.41, 5.74) is 4.21. The van der Waals surface area contributed by atoms with Crippen LogP contribution in [0, 0.1) is 12.3 Å². The lowest BCUT2D eigenvalue weighted by molar-refractivity contribution is 0.0985. The van der Waals surface area contributed by atoms with Crippen LogP contribution in [-0.4, -0.2) is 10.5 Å². The highest BCUT2D eigenvalue weighted by Crippen LogP contribution is 2.30. The highest BCUT2D eigenvalue weighted by Gasteiger charge is 2.25. The topological polar surface area (TPSA) is 25.2 Å². The van der Waals surface area contributed by atoms with Gasteiger partial charge < -0.3 is 9.47 Å². The van der Waals surface area contributed by atoms with Crippen molar-refractivity contribution in [2.45, 2.75) is 13.1 Å². The Kier molecular flexibility index (Phi) is 3.83. The van der Waals surface area contributed by atoms with Gasteiger partial charge in [-0.1, -0.05) is 35.7 Å². The number of carbonyl (C=O) groups is 1. The maximum atomic E-state index is 13.2. The van der Waals surface area contributed by atoms with E-state index < -0.39 is 0 Å². The first-order valence-electron chi connectivity index (χ1n) is 7.97. The van der Waals surface area contributed by atoms with Crippen LogP contribution < -0.4 is 4.90 Å². The third kappa shape index (κ3) is 2.71. The van der Waals surface area contributed by atoms with Crippen molar-refractivity contribution in [3.8, 4) is 12.3 Å². The fraction of sp³-hybridized carbons (Fsp3) is 0.0952. The normalized spacial score (nSPS) is 12.7. The van der Waals surface area contributed by atoms with E-state index in [1.807, 2.05) is 42.6 Å². The van der Waals surface area contributed by atoms with Crippen LogP contribution in [0.1, 0.15) is 27.2 Å². The maximum absolute atomic E-state index is 13.2. The van der Waals surface area contributed by atoms with E-state index in [1.165, 1.54) is 0 Å². The Hall–Kier alpha value is -2.96. The summed E-state index contributed by atoms with van der Waals surface area (Å²) in [6.07, 6.45) is 7.44. The molecular weight excluding hydrogens is 332 g/mol. The van der Waals surface area contributed by atoms with Gasteiger partial charge >= 0.3 is 0 Å². The van der Waals surface area contributed by atoms with Gasteiger partial charge in [-0.15, -0.1) is 6.42 Å². The molecule has 4 rings (SSSR count). The molecule has 1 amide bonds. The summed E-state index contributed by atoms with van der Waals surface area (Å²) >= 11 is 6.32. The van der Waals surface area contributed by atoms with E-state index in [0.717, 1.165) is 23.5 Å². The summed E-state index contributed by atoms with van der Waals surface area (Å²) in [6.45, 7) is 1.24. The second kappa shape index (κ2) is 6.16. The summed E-state index contributed by atoms with van der Waals surface area (Å²) in [7, 11) is 0. The average molecular weight is 347 g/mol. The molecule has 0 radical (unpaired) electrons. The van der Waals surface area contributed by atoms with Crippen LogP contribution in [-0.2, 0) is 13.1 Å². The standard InChI is InChI=1S/C21H15ClN2O/c1-2-15-9-10-18(19(22)12-15)21(25)24-14-17-7-5-11-23(17)13-16-6-3-4-8-20(16)24/h1,3-12H,13-14H2. The molecule has 2 heterocycles. The molecule has 0 aliphatic carbocycles. The molecule has 1 aliphatic rings. The molecule has 0 N–H and O–H groups in total. The minimum atomic E-state index is -0.129. The van der Waals surface area contributed by atoms with Gasteiger partial charge in [0, 0.05) is 29.7 Å². The van der Waals surface area contributed by atoms with Crippen LogP contribution in [0.15, 0.2) is 60.8 Å². The fourth-order valence-electron chi connectivity index (χ4n) is 3.19. The molecule has 4 heteroatoms. The first-order chi connectivity index (χ1) is 12.2. The van der Waals surface area contributed by atoms with Gasteiger partial charge in [0.1, 0.15) is 0 Å². The Bertz CT molecular complexity index is 1010. The van der Waals surface area contributed by atoms with E-state index in [0.29, 0.717) is 22.7 Å². The van der Waals surface area contributed by atoms with Crippen LogP contribution in [0.25, 0.3) is 0 Å². The van der Waals surface area contributed by atoms with E-state index in [2.05, 4.69) is 10.5 Å². The Balaban J connectivity index is 1.81. The molecule has 1 aliphatic heterocycles. The van der Waals surface area contributed by atoms with Crippen LogP contribution in [0.3, 0.4) is 0 Å². The number of amides is 1. The monoisotopic (exact) mass is 346 g/mol. The number of anilines is 1. The summed E-state index contributed by atoms with van der Waals surface area (Å²) in [5, 5.41) is 0.373. The van der Waals surface area contributed by atoms with Crippen molar-refractivity contribution >= 4 is 23.2 Å². The zero-order valence-electron chi connectivity index (χ0n) is 13.4. The quantitative estimate of drug-likeness (QED) is 0.602. The molecule has 122 valence electrons. The van der Waals surface area contributed by atoms with Crippen LogP contribution in [0.2, 0.25) is 5.02 Å². The van der Waals surface area contributed by atoms with Gasteiger partial charge in [-0.3, -0.25) is 4.79 Å². The SMILES string of the molecule is C#Cc1ccc(C(=O)N2Cc3cccn3Cc3ccccc32)c(Cl)c1. The Morgan fingerprint density at radius 3 is 2.72 bits per heavy atom. The molecule has 2 aromatic carbocycles. The number of benzene rings is 2. The van der Waals surface area contributed by atoms with Crippen molar-refractivity contribution in [1.29, 1.82) is 0 Å². The van der Waals surface area contributed by atoms with Crippen molar-refractivity contribution in [1.82, 2.24) is 4.57 Å². The molecule has 0 bridgehead atoms.